The minimum atomic E-state index is -0.579. The van der Waals surface area contributed by atoms with Gasteiger partial charge in [-0.05, 0) is 70.3 Å². The van der Waals surface area contributed by atoms with E-state index in [1.54, 1.807) is 19.7 Å². The molecule has 53 heavy (non-hydrogen) atoms. The normalized spacial score (nSPS) is 18.5. The van der Waals surface area contributed by atoms with E-state index in [0.29, 0.717) is 32.2 Å². The van der Waals surface area contributed by atoms with Crippen LogP contribution >= 0.6 is 0 Å². The summed E-state index contributed by atoms with van der Waals surface area (Å²) in [6, 6.07) is 28.3. The van der Waals surface area contributed by atoms with Crippen LogP contribution in [0.2, 0.25) is 0 Å². The molecule has 0 aliphatic carbocycles. The molecule has 1 fully saturated rings. The number of unbranched alkanes of at least 4 members (excludes halogenated alkanes) is 1. The maximum absolute atomic E-state index is 12.5. The maximum Gasteiger partial charge on any atom is 0.243 e. The van der Waals surface area contributed by atoms with Crippen molar-refractivity contribution in [1.29, 1.82) is 0 Å². The van der Waals surface area contributed by atoms with Gasteiger partial charge in [0.15, 0.2) is 17.8 Å². The molecule has 0 saturated carbocycles. The van der Waals surface area contributed by atoms with Crippen LogP contribution in [0.5, 0.6) is 11.5 Å². The van der Waals surface area contributed by atoms with Crippen molar-refractivity contribution in [3.8, 4) is 22.6 Å². The molecule has 280 valence electrons. The lowest BCUT2D eigenvalue weighted by atomic mass is 9.96. The molecule has 0 radical (unpaired) electrons. The average molecular weight is 724 g/mol. The first kappa shape index (κ1) is 38.0. The van der Waals surface area contributed by atoms with Gasteiger partial charge >= 0.3 is 0 Å². The monoisotopic (exact) mass is 723 g/mol. The van der Waals surface area contributed by atoms with Crippen molar-refractivity contribution >= 4 is 11.8 Å². The fourth-order valence-electron chi connectivity index (χ4n) is 7.10. The number of nitrogens with one attached hydrogen (secondary N) is 2. The number of nitrogens with zero attached hydrogens (tertiary/aromatic N) is 1. The second-order valence-electron chi connectivity index (χ2n) is 13.6. The number of carbonyl (C=O) groups excluding carboxylic acids is 2. The Labute approximate surface area is 310 Å². The van der Waals surface area contributed by atoms with Crippen molar-refractivity contribution in [2.75, 3.05) is 27.3 Å². The van der Waals surface area contributed by atoms with Gasteiger partial charge in [0.2, 0.25) is 11.8 Å². The third-order valence-corrected chi connectivity index (χ3v) is 10.0. The topological polar surface area (TPSA) is 139 Å². The van der Waals surface area contributed by atoms with Gasteiger partial charge in [-0.25, -0.2) is 5.48 Å². The number of hydroxylamine groups is 1. The molecule has 4 aromatic rings. The second-order valence-corrected chi connectivity index (χ2v) is 13.6. The van der Waals surface area contributed by atoms with Crippen molar-refractivity contribution in [2.24, 2.45) is 0 Å². The molecule has 4 N–H and O–H groups in total. The Balaban J connectivity index is 1.14. The highest BCUT2D eigenvalue weighted by molar-refractivity contribution is 5.77. The van der Waals surface area contributed by atoms with Crippen LogP contribution in [-0.2, 0) is 45.2 Å². The molecule has 4 aromatic carbocycles. The molecule has 11 heteroatoms. The van der Waals surface area contributed by atoms with Gasteiger partial charge in [0.1, 0.15) is 0 Å². The predicted molar refractivity (Wildman–Crippen MR) is 199 cm³/mol. The number of aliphatic hydroxyl groups excluding tert-OH is 1. The number of amides is 2. The van der Waals surface area contributed by atoms with E-state index >= 15 is 0 Å². The summed E-state index contributed by atoms with van der Waals surface area (Å²) in [5.41, 5.74) is 9.95. The van der Waals surface area contributed by atoms with Crippen LogP contribution in [0.25, 0.3) is 11.1 Å². The molecule has 11 nitrogen and oxygen atoms in total. The van der Waals surface area contributed by atoms with Gasteiger partial charge < -0.3 is 29.4 Å². The molecule has 0 spiro atoms. The van der Waals surface area contributed by atoms with Crippen molar-refractivity contribution in [3.05, 3.63) is 118 Å². The third kappa shape index (κ3) is 9.81. The number of methoxy groups -OCH3 is 2. The maximum atomic E-state index is 12.5. The quantitative estimate of drug-likeness (QED) is 0.0647. The zero-order chi connectivity index (χ0) is 37.2. The van der Waals surface area contributed by atoms with Crippen LogP contribution in [-0.4, -0.2) is 60.4 Å². The Morgan fingerprint density at radius 3 is 2.23 bits per heavy atom. The molecule has 6 rings (SSSR count). The van der Waals surface area contributed by atoms with Crippen LogP contribution in [0.15, 0.2) is 84.9 Å². The van der Waals surface area contributed by atoms with E-state index in [9.17, 15) is 14.7 Å². The van der Waals surface area contributed by atoms with Crippen LogP contribution in [0, 0.1) is 0 Å². The van der Waals surface area contributed by atoms with Crippen LogP contribution in [0.1, 0.15) is 77.9 Å². The second kappa shape index (κ2) is 18.3. The highest BCUT2D eigenvalue weighted by atomic mass is 16.7. The molecule has 2 heterocycles. The van der Waals surface area contributed by atoms with E-state index in [2.05, 4.69) is 34.5 Å². The minimum Gasteiger partial charge on any atom is -0.493 e. The summed E-state index contributed by atoms with van der Waals surface area (Å²) in [5, 5.41) is 21.2. The minimum absolute atomic E-state index is 0.0114. The van der Waals surface area contributed by atoms with Crippen molar-refractivity contribution in [2.45, 2.75) is 76.7 Å². The Morgan fingerprint density at radius 2 is 1.53 bits per heavy atom. The van der Waals surface area contributed by atoms with Gasteiger partial charge in [0, 0.05) is 51.0 Å². The molecular weight excluding hydrogens is 674 g/mol. The first-order valence-electron chi connectivity index (χ1n) is 18.2. The number of ether oxygens (including phenoxy) is 4. The smallest absolute Gasteiger partial charge is 0.243 e. The van der Waals surface area contributed by atoms with Gasteiger partial charge in [-0.2, -0.15) is 0 Å². The Kier molecular flexibility index (Phi) is 13.1. The van der Waals surface area contributed by atoms with Crippen LogP contribution < -0.4 is 20.3 Å². The lowest BCUT2D eigenvalue weighted by Gasteiger charge is -2.39. The standard InChI is InChI=1S/C42H49N3O8/c1-50-38-21-32-19-20-45(25-34(32)22-39(38)51-2)26-35-23-37(30-13-11-28(27-46)12-14-30)53-42(52-35)31-17-15-29(16-18-31)36-8-4-3-7-33(36)24-43-40(47)9-5-6-10-41(48)44-49/h3-4,7-8,11-18,21-22,35,37,42,46,49H,5-6,9-10,19-20,23-27H2,1-2H3,(H,43,47)(H,44,48)/t35-,37+,42+/m1/s1. The molecule has 2 aliphatic rings. The largest absolute Gasteiger partial charge is 0.493 e. The summed E-state index contributed by atoms with van der Waals surface area (Å²) < 4.78 is 24.5. The summed E-state index contributed by atoms with van der Waals surface area (Å²) in [6.45, 7) is 2.80. The number of aliphatic hydroxyl groups is 1. The Bertz CT molecular complexity index is 1830. The number of benzene rings is 4. The first-order chi connectivity index (χ1) is 25.9. The predicted octanol–water partition coefficient (Wildman–Crippen LogP) is 6.15. The summed E-state index contributed by atoms with van der Waals surface area (Å²) in [6.07, 6.45) is 2.30. The van der Waals surface area contributed by atoms with Gasteiger partial charge in [-0.3, -0.25) is 19.7 Å². The van der Waals surface area contributed by atoms with E-state index < -0.39 is 12.2 Å². The van der Waals surface area contributed by atoms with Crippen LogP contribution in [0.4, 0.5) is 0 Å². The zero-order valence-corrected chi connectivity index (χ0v) is 30.4. The molecule has 2 aliphatic heterocycles. The highest BCUT2D eigenvalue weighted by Crippen LogP contribution is 2.40. The number of hydrogen-bond acceptors (Lipinski definition) is 9. The number of hydrogen-bond donors (Lipinski definition) is 4. The molecular formula is C42H49N3O8. The van der Waals surface area contributed by atoms with Crippen LogP contribution in [0.3, 0.4) is 0 Å². The SMILES string of the molecule is COc1cc2c(cc1OC)CN(C[C@H]1C[C@@H](c3ccc(CO)cc3)O[C@@H](c3ccc(-c4ccccc4CNC(=O)CCCCC(=O)NO)cc3)O1)CC2. The van der Waals surface area contributed by atoms with E-state index in [1.807, 2.05) is 60.7 Å². The van der Waals surface area contributed by atoms with E-state index in [-0.39, 0.29) is 31.1 Å². The van der Waals surface area contributed by atoms with E-state index in [0.717, 1.165) is 70.9 Å². The van der Waals surface area contributed by atoms with E-state index in [4.69, 9.17) is 24.2 Å². The van der Waals surface area contributed by atoms with E-state index in [1.165, 1.54) is 11.1 Å². The molecule has 1 saturated heterocycles. The molecule has 2 amide bonds. The van der Waals surface area contributed by atoms with Gasteiger partial charge in [-0.1, -0.05) is 72.8 Å². The fourth-order valence-corrected chi connectivity index (χ4v) is 7.10. The fraction of sp³-hybridized carbons (Fsp3) is 0.381. The molecule has 0 bridgehead atoms. The van der Waals surface area contributed by atoms with Crippen molar-refractivity contribution in [1.82, 2.24) is 15.7 Å². The Morgan fingerprint density at radius 1 is 0.849 bits per heavy atom. The molecule has 3 atom stereocenters. The summed E-state index contributed by atoms with van der Waals surface area (Å²) in [7, 11) is 3.33. The highest BCUT2D eigenvalue weighted by Gasteiger charge is 2.34. The molecule has 0 aromatic heterocycles. The number of fused-ring (bicyclic) bond motifs is 1. The number of rotatable bonds is 15. The zero-order valence-electron chi connectivity index (χ0n) is 30.4. The average Bonchev–Trinajstić information content (AvgIpc) is 3.21. The van der Waals surface area contributed by atoms with Gasteiger partial charge in [0.05, 0.1) is 33.0 Å². The Hall–Kier alpha value is -4.78. The van der Waals surface area contributed by atoms with Gasteiger partial charge in [0.25, 0.3) is 0 Å². The third-order valence-electron chi connectivity index (χ3n) is 10.0. The summed E-state index contributed by atoms with van der Waals surface area (Å²) in [4.78, 5) is 26.1. The first-order valence-corrected chi connectivity index (χ1v) is 18.2. The lowest BCUT2D eigenvalue weighted by Crippen LogP contribution is -2.41. The summed E-state index contributed by atoms with van der Waals surface area (Å²) >= 11 is 0. The summed E-state index contributed by atoms with van der Waals surface area (Å²) in [5.74, 6) is 0.946. The van der Waals surface area contributed by atoms with Crippen molar-refractivity contribution in [3.63, 3.8) is 0 Å². The van der Waals surface area contributed by atoms with Gasteiger partial charge in [-0.15, -0.1) is 0 Å². The number of carbonyl (C=O) groups is 2. The lowest BCUT2D eigenvalue weighted by molar-refractivity contribution is -0.253. The van der Waals surface area contributed by atoms with Crippen molar-refractivity contribution < 1.29 is 38.9 Å². The molecule has 0 unspecified atom stereocenters.